The number of carbonyl (C=O) groups is 2. The second-order valence-electron chi connectivity index (χ2n) is 4.94. The van der Waals surface area contributed by atoms with E-state index in [0.717, 1.165) is 0 Å². The smallest absolute Gasteiger partial charge is 0.338 e. The van der Waals surface area contributed by atoms with Crippen LogP contribution in [0, 0.1) is 0 Å². The second-order valence-corrected chi connectivity index (χ2v) is 4.94. The van der Waals surface area contributed by atoms with Crippen LogP contribution in [0.3, 0.4) is 0 Å². The molecule has 0 fully saturated rings. The molecule has 2 aromatic carbocycles. The van der Waals surface area contributed by atoms with E-state index in [1.807, 2.05) is 0 Å². The number of hydrogen-bond donors (Lipinski definition) is 1. The lowest BCUT2D eigenvalue weighted by molar-refractivity contribution is -0.174. The van der Waals surface area contributed by atoms with E-state index in [4.69, 9.17) is 0 Å². The van der Waals surface area contributed by atoms with E-state index in [2.05, 4.69) is 0 Å². The Balaban J connectivity index is 2.24. The summed E-state index contributed by atoms with van der Waals surface area (Å²) in [6.07, 6.45) is -5.05. The lowest BCUT2D eigenvalue weighted by Gasteiger charge is -2.19. The van der Waals surface area contributed by atoms with E-state index in [0.29, 0.717) is 5.56 Å². The first-order valence-electron chi connectivity index (χ1n) is 6.89. The first-order chi connectivity index (χ1) is 10.9. The van der Waals surface area contributed by atoms with Crippen LogP contribution in [0.5, 0.6) is 0 Å². The number of hydrogen-bond acceptors (Lipinski definition) is 2. The third-order valence-corrected chi connectivity index (χ3v) is 3.22. The number of amides is 1. The van der Waals surface area contributed by atoms with Crippen molar-refractivity contribution >= 4 is 11.7 Å². The van der Waals surface area contributed by atoms with Crippen molar-refractivity contribution in [2.45, 2.75) is 18.6 Å². The maximum Gasteiger partial charge on any atom is 0.471 e. The van der Waals surface area contributed by atoms with Crippen molar-refractivity contribution in [2.75, 3.05) is 0 Å². The Hall–Kier alpha value is -2.63. The van der Waals surface area contributed by atoms with Crippen molar-refractivity contribution in [2.24, 2.45) is 0 Å². The third-order valence-electron chi connectivity index (χ3n) is 3.22. The van der Waals surface area contributed by atoms with Gasteiger partial charge in [-0.2, -0.15) is 13.2 Å². The van der Waals surface area contributed by atoms with Crippen LogP contribution in [0.15, 0.2) is 60.7 Å². The Bertz CT molecular complexity index is 669. The molecule has 6 heteroatoms. The quantitative estimate of drug-likeness (QED) is 0.860. The van der Waals surface area contributed by atoms with Crippen molar-refractivity contribution < 1.29 is 22.8 Å². The number of benzene rings is 2. The van der Waals surface area contributed by atoms with Gasteiger partial charge in [-0.05, 0) is 5.56 Å². The maximum absolute atomic E-state index is 12.5. The van der Waals surface area contributed by atoms with E-state index in [1.165, 1.54) is 12.1 Å². The fraction of sp³-hybridized carbons (Fsp3) is 0.176. The number of Topliss-reactive ketones (excluding diaryl/α,β-unsaturated/α-hetero) is 1. The van der Waals surface area contributed by atoms with Gasteiger partial charge in [0.1, 0.15) is 0 Å². The van der Waals surface area contributed by atoms with E-state index in [-0.39, 0.29) is 12.0 Å². The highest BCUT2D eigenvalue weighted by molar-refractivity contribution is 6.02. The zero-order valence-electron chi connectivity index (χ0n) is 12.0. The fourth-order valence-electron chi connectivity index (χ4n) is 2.10. The van der Waals surface area contributed by atoms with Crippen LogP contribution >= 0.6 is 0 Å². The van der Waals surface area contributed by atoms with Crippen LogP contribution in [0.1, 0.15) is 15.9 Å². The average Bonchev–Trinajstić information content (AvgIpc) is 2.54. The lowest BCUT2D eigenvalue weighted by Crippen LogP contribution is -2.48. The molecule has 0 heterocycles. The topological polar surface area (TPSA) is 46.2 Å². The molecule has 0 radical (unpaired) electrons. The lowest BCUT2D eigenvalue weighted by atomic mass is 9.97. The van der Waals surface area contributed by atoms with E-state index in [9.17, 15) is 22.8 Å². The van der Waals surface area contributed by atoms with Crippen molar-refractivity contribution in [3.63, 3.8) is 0 Å². The molecule has 0 saturated heterocycles. The van der Waals surface area contributed by atoms with Gasteiger partial charge in [-0.15, -0.1) is 0 Å². The molecule has 3 nitrogen and oxygen atoms in total. The van der Waals surface area contributed by atoms with Crippen molar-refractivity contribution in [3.05, 3.63) is 71.8 Å². The standard InChI is InChI=1S/C17H14F3NO2/c18-17(19,20)16(23)21-14(11-12-7-3-1-4-8-12)15(22)13-9-5-2-6-10-13/h1-10,14H,11H2,(H,21,23)/t14-/m0/s1. The summed E-state index contributed by atoms with van der Waals surface area (Å²) in [6, 6.07) is 15.2. The van der Waals surface area contributed by atoms with E-state index in [1.54, 1.807) is 53.8 Å². The molecule has 0 aliphatic heterocycles. The van der Waals surface area contributed by atoms with Gasteiger partial charge in [0.2, 0.25) is 0 Å². The fourth-order valence-corrected chi connectivity index (χ4v) is 2.10. The van der Waals surface area contributed by atoms with Gasteiger partial charge >= 0.3 is 12.1 Å². The molecule has 2 rings (SSSR count). The van der Waals surface area contributed by atoms with Crippen LogP contribution in [0.2, 0.25) is 0 Å². The molecule has 0 aliphatic carbocycles. The molecular formula is C17H14F3NO2. The number of alkyl halides is 3. The van der Waals surface area contributed by atoms with Crippen molar-refractivity contribution in [3.8, 4) is 0 Å². The summed E-state index contributed by atoms with van der Waals surface area (Å²) in [5.41, 5.74) is 0.903. The summed E-state index contributed by atoms with van der Waals surface area (Å²) < 4.78 is 37.5. The summed E-state index contributed by atoms with van der Waals surface area (Å²) in [5, 5.41) is 1.79. The molecule has 0 bridgehead atoms. The second kappa shape index (κ2) is 7.09. The van der Waals surface area contributed by atoms with E-state index >= 15 is 0 Å². The van der Waals surface area contributed by atoms with Gasteiger partial charge in [-0.3, -0.25) is 9.59 Å². The molecule has 0 unspecified atom stereocenters. The SMILES string of the molecule is O=C(c1ccccc1)[C@H](Cc1ccccc1)NC(=O)C(F)(F)F. The zero-order chi connectivity index (χ0) is 16.9. The number of nitrogens with one attached hydrogen (secondary N) is 1. The van der Waals surface area contributed by atoms with E-state index < -0.39 is 23.9 Å². The minimum atomic E-state index is -5.04. The molecule has 120 valence electrons. The molecule has 0 aromatic heterocycles. The summed E-state index contributed by atoms with van der Waals surface area (Å²) in [6.45, 7) is 0. The van der Waals surface area contributed by atoms with Gasteiger partial charge in [0, 0.05) is 12.0 Å². The van der Waals surface area contributed by atoms with Crippen LogP contribution < -0.4 is 5.32 Å². The largest absolute Gasteiger partial charge is 0.471 e. The molecule has 0 saturated carbocycles. The van der Waals surface area contributed by atoms with Gasteiger partial charge in [0.15, 0.2) is 5.78 Å². The molecule has 1 atom stereocenters. The van der Waals surface area contributed by atoms with Crippen molar-refractivity contribution in [1.29, 1.82) is 0 Å². The Kier molecular flexibility index (Phi) is 5.16. The number of halogens is 3. The maximum atomic E-state index is 12.5. The zero-order valence-corrected chi connectivity index (χ0v) is 12.0. The van der Waals surface area contributed by atoms with Gasteiger partial charge in [-0.1, -0.05) is 60.7 Å². The highest BCUT2D eigenvalue weighted by Gasteiger charge is 2.40. The van der Waals surface area contributed by atoms with Crippen LogP contribution in [0.4, 0.5) is 13.2 Å². The minimum absolute atomic E-state index is 0.0175. The monoisotopic (exact) mass is 321 g/mol. The predicted molar refractivity (Wildman–Crippen MR) is 78.9 cm³/mol. The molecule has 1 N–H and O–H groups in total. The van der Waals surface area contributed by atoms with Gasteiger partial charge in [0.05, 0.1) is 6.04 Å². The summed E-state index contributed by atoms with van der Waals surface area (Å²) >= 11 is 0. The highest BCUT2D eigenvalue weighted by Crippen LogP contribution is 2.16. The molecule has 0 aliphatic rings. The normalized spacial score (nSPS) is 12.5. The number of rotatable bonds is 5. The Morgan fingerprint density at radius 3 is 1.96 bits per heavy atom. The molecular weight excluding hydrogens is 307 g/mol. The first kappa shape index (κ1) is 16.7. The first-order valence-corrected chi connectivity index (χ1v) is 6.89. The van der Waals surface area contributed by atoms with Crippen LogP contribution in [-0.4, -0.2) is 23.9 Å². The number of ketones is 1. The average molecular weight is 321 g/mol. The van der Waals surface area contributed by atoms with Crippen LogP contribution in [0.25, 0.3) is 0 Å². The molecule has 2 aromatic rings. The summed E-state index contributed by atoms with van der Waals surface area (Å²) in [4.78, 5) is 23.6. The summed E-state index contributed by atoms with van der Waals surface area (Å²) in [5.74, 6) is -2.69. The van der Waals surface area contributed by atoms with Gasteiger partial charge in [-0.25, -0.2) is 0 Å². The Morgan fingerprint density at radius 1 is 0.913 bits per heavy atom. The van der Waals surface area contributed by atoms with Gasteiger partial charge in [0.25, 0.3) is 0 Å². The number of carbonyl (C=O) groups excluding carboxylic acids is 2. The minimum Gasteiger partial charge on any atom is -0.338 e. The predicted octanol–water partition coefficient (Wildman–Crippen LogP) is 3.16. The molecule has 0 spiro atoms. The van der Waals surface area contributed by atoms with Crippen LogP contribution in [-0.2, 0) is 11.2 Å². The molecule has 23 heavy (non-hydrogen) atoms. The molecule has 1 amide bonds. The van der Waals surface area contributed by atoms with Gasteiger partial charge < -0.3 is 5.32 Å². The Morgan fingerprint density at radius 2 is 1.43 bits per heavy atom. The van der Waals surface area contributed by atoms with Crippen molar-refractivity contribution in [1.82, 2.24) is 5.32 Å². The Labute approximate surface area is 131 Å². The third kappa shape index (κ3) is 4.67. The summed E-state index contributed by atoms with van der Waals surface area (Å²) in [7, 11) is 0. The highest BCUT2D eigenvalue weighted by atomic mass is 19.4.